The van der Waals surface area contributed by atoms with Crippen molar-refractivity contribution in [3.8, 4) is 28.7 Å². The second-order valence-corrected chi connectivity index (χ2v) is 5.26. The molecule has 0 bridgehead atoms. The van der Waals surface area contributed by atoms with E-state index in [9.17, 15) is 9.18 Å². The maximum Gasteiger partial charge on any atom is 0.322 e. The SMILES string of the molecule is COc1cc(-c2nnc(NC(=O)c3ccccc3F)o2)cc(OC)c1OC. The average Bonchev–Trinajstić information content (AvgIpc) is 3.15. The summed E-state index contributed by atoms with van der Waals surface area (Å²) in [6.07, 6.45) is 0. The molecule has 3 rings (SSSR count). The zero-order chi connectivity index (χ0) is 19.4. The van der Waals surface area contributed by atoms with Crippen LogP contribution in [0.3, 0.4) is 0 Å². The van der Waals surface area contributed by atoms with Crippen LogP contribution < -0.4 is 19.5 Å². The van der Waals surface area contributed by atoms with E-state index in [2.05, 4.69) is 15.5 Å². The first kappa shape index (κ1) is 18.2. The van der Waals surface area contributed by atoms with Gasteiger partial charge in [0.1, 0.15) is 5.82 Å². The van der Waals surface area contributed by atoms with Crippen LogP contribution in [0.15, 0.2) is 40.8 Å². The zero-order valence-corrected chi connectivity index (χ0v) is 14.8. The number of amides is 1. The van der Waals surface area contributed by atoms with Crippen LogP contribution >= 0.6 is 0 Å². The fourth-order valence-electron chi connectivity index (χ4n) is 2.40. The third-order valence-electron chi connectivity index (χ3n) is 3.68. The molecule has 0 fully saturated rings. The Bertz CT molecular complexity index is 948. The number of carbonyl (C=O) groups excluding carboxylic acids is 1. The molecule has 9 heteroatoms. The minimum absolute atomic E-state index is 0.109. The number of hydrogen-bond acceptors (Lipinski definition) is 7. The Labute approximate surface area is 153 Å². The van der Waals surface area contributed by atoms with Gasteiger partial charge in [-0.05, 0) is 24.3 Å². The maximum atomic E-state index is 13.7. The average molecular weight is 373 g/mol. The Morgan fingerprint density at radius 2 is 1.70 bits per heavy atom. The molecule has 1 heterocycles. The van der Waals surface area contributed by atoms with Gasteiger partial charge in [-0.15, -0.1) is 5.10 Å². The fraction of sp³-hybridized carbons (Fsp3) is 0.167. The van der Waals surface area contributed by atoms with E-state index in [0.717, 1.165) is 0 Å². The highest BCUT2D eigenvalue weighted by Crippen LogP contribution is 2.41. The van der Waals surface area contributed by atoms with Crippen molar-refractivity contribution < 1.29 is 27.8 Å². The summed E-state index contributed by atoms with van der Waals surface area (Å²) in [5.74, 6) is -0.0222. The van der Waals surface area contributed by atoms with Crippen LogP contribution in [0, 0.1) is 5.82 Å². The van der Waals surface area contributed by atoms with Gasteiger partial charge in [-0.3, -0.25) is 10.1 Å². The molecule has 1 amide bonds. The Morgan fingerprint density at radius 3 is 2.30 bits per heavy atom. The largest absolute Gasteiger partial charge is 0.493 e. The first-order chi connectivity index (χ1) is 13.1. The van der Waals surface area contributed by atoms with Gasteiger partial charge >= 0.3 is 6.01 Å². The van der Waals surface area contributed by atoms with Crippen molar-refractivity contribution in [3.05, 3.63) is 47.8 Å². The number of anilines is 1. The van der Waals surface area contributed by atoms with Crippen molar-refractivity contribution >= 4 is 11.9 Å². The number of aromatic nitrogens is 2. The molecule has 0 aliphatic carbocycles. The molecular weight excluding hydrogens is 357 g/mol. The summed E-state index contributed by atoms with van der Waals surface area (Å²) in [4.78, 5) is 12.1. The van der Waals surface area contributed by atoms with E-state index in [1.165, 1.54) is 39.5 Å². The molecule has 0 aliphatic rings. The Morgan fingerprint density at radius 1 is 1.04 bits per heavy atom. The number of halogens is 1. The number of hydrogen-bond donors (Lipinski definition) is 1. The monoisotopic (exact) mass is 373 g/mol. The number of ether oxygens (including phenoxy) is 3. The minimum atomic E-state index is -0.701. The lowest BCUT2D eigenvalue weighted by Gasteiger charge is -2.12. The molecule has 0 saturated heterocycles. The number of benzene rings is 2. The highest BCUT2D eigenvalue weighted by Gasteiger charge is 2.19. The van der Waals surface area contributed by atoms with Crippen LogP contribution in [-0.2, 0) is 0 Å². The first-order valence-corrected chi connectivity index (χ1v) is 7.77. The summed E-state index contributed by atoms with van der Waals surface area (Å²) in [6, 6.07) is 8.64. The molecule has 0 atom stereocenters. The minimum Gasteiger partial charge on any atom is -0.493 e. The molecule has 27 heavy (non-hydrogen) atoms. The summed E-state index contributed by atoms with van der Waals surface area (Å²) in [6.45, 7) is 0. The quantitative estimate of drug-likeness (QED) is 0.709. The standard InChI is InChI=1S/C18H16FN3O5/c1-24-13-8-10(9-14(25-2)15(13)26-3)17-21-22-18(27-17)20-16(23)11-6-4-5-7-12(11)19/h4-9H,1-3H3,(H,20,22,23). The molecule has 3 aromatic rings. The smallest absolute Gasteiger partial charge is 0.322 e. The predicted molar refractivity (Wildman–Crippen MR) is 93.7 cm³/mol. The van der Waals surface area contributed by atoms with Crippen LogP contribution in [0.1, 0.15) is 10.4 Å². The normalized spacial score (nSPS) is 10.4. The summed E-state index contributed by atoms with van der Waals surface area (Å²) < 4.78 is 34.9. The van der Waals surface area contributed by atoms with Crippen LogP contribution in [0.25, 0.3) is 11.5 Å². The lowest BCUT2D eigenvalue weighted by Crippen LogP contribution is -2.13. The number of methoxy groups -OCH3 is 3. The molecule has 2 aromatic carbocycles. The number of rotatable bonds is 6. The molecule has 1 aromatic heterocycles. The summed E-state index contributed by atoms with van der Waals surface area (Å²) in [7, 11) is 4.45. The van der Waals surface area contributed by atoms with E-state index >= 15 is 0 Å². The third-order valence-corrected chi connectivity index (χ3v) is 3.68. The second kappa shape index (κ2) is 7.73. The zero-order valence-electron chi connectivity index (χ0n) is 14.8. The van der Waals surface area contributed by atoms with Crippen molar-refractivity contribution in [3.63, 3.8) is 0 Å². The van der Waals surface area contributed by atoms with Crippen molar-refractivity contribution in [1.82, 2.24) is 10.2 Å². The number of carbonyl (C=O) groups is 1. The molecule has 0 saturated carbocycles. The van der Waals surface area contributed by atoms with Gasteiger partial charge in [-0.25, -0.2) is 4.39 Å². The Hall–Kier alpha value is -3.62. The number of nitrogens with zero attached hydrogens (tertiary/aromatic N) is 2. The van der Waals surface area contributed by atoms with Gasteiger partial charge in [0.2, 0.25) is 11.6 Å². The van der Waals surface area contributed by atoms with E-state index < -0.39 is 11.7 Å². The van der Waals surface area contributed by atoms with E-state index in [1.807, 2.05) is 0 Å². The van der Waals surface area contributed by atoms with Crippen LogP contribution in [-0.4, -0.2) is 37.4 Å². The molecule has 0 radical (unpaired) electrons. The highest BCUT2D eigenvalue weighted by molar-refractivity contribution is 6.03. The molecule has 0 aliphatic heterocycles. The molecule has 140 valence electrons. The van der Waals surface area contributed by atoms with Crippen LogP contribution in [0.4, 0.5) is 10.4 Å². The van der Waals surface area contributed by atoms with Gasteiger partial charge in [0.05, 0.1) is 26.9 Å². The van der Waals surface area contributed by atoms with Crippen molar-refractivity contribution in [2.75, 3.05) is 26.6 Å². The molecular formula is C18H16FN3O5. The Kier molecular flexibility index (Phi) is 5.20. The van der Waals surface area contributed by atoms with E-state index in [1.54, 1.807) is 18.2 Å². The highest BCUT2D eigenvalue weighted by atomic mass is 19.1. The third kappa shape index (κ3) is 3.66. The lowest BCUT2D eigenvalue weighted by molar-refractivity contribution is 0.102. The van der Waals surface area contributed by atoms with Crippen LogP contribution in [0.2, 0.25) is 0 Å². The van der Waals surface area contributed by atoms with Crippen molar-refractivity contribution in [2.45, 2.75) is 0 Å². The van der Waals surface area contributed by atoms with E-state index in [-0.39, 0.29) is 17.5 Å². The maximum absolute atomic E-state index is 13.7. The van der Waals surface area contributed by atoms with Gasteiger partial charge in [0.15, 0.2) is 11.5 Å². The molecule has 0 spiro atoms. The molecule has 0 unspecified atom stereocenters. The molecule has 8 nitrogen and oxygen atoms in total. The lowest BCUT2D eigenvalue weighted by atomic mass is 10.2. The van der Waals surface area contributed by atoms with Crippen molar-refractivity contribution in [2.24, 2.45) is 0 Å². The van der Waals surface area contributed by atoms with Crippen molar-refractivity contribution in [1.29, 1.82) is 0 Å². The van der Waals surface area contributed by atoms with Gasteiger partial charge in [-0.1, -0.05) is 17.2 Å². The topological polar surface area (TPSA) is 95.7 Å². The second-order valence-electron chi connectivity index (χ2n) is 5.26. The van der Waals surface area contributed by atoms with Gasteiger partial charge < -0.3 is 18.6 Å². The van der Waals surface area contributed by atoms with Crippen LogP contribution in [0.5, 0.6) is 17.2 Å². The molecule has 1 N–H and O–H groups in total. The summed E-state index contributed by atoms with van der Waals surface area (Å²) in [5, 5.41) is 10.0. The summed E-state index contributed by atoms with van der Waals surface area (Å²) >= 11 is 0. The number of nitrogens with one attached hydrogen (secondary N) is 1. The fourth-order valence-corrected chi connectivity index (χ4v) is 2.40. The van der Waals surface area contributed by atoms with Gasteiger partial charge in [0, 0.05) is 5.56 Å². The van der Waals surface area contributed by atoms with E-state index in [0.29, 0.717) is 22.8 Å². The Balaban J connectivity index is 1.88. The van der Waals surface area contributed by atoms with E-state index in [4.69, 9.17) is 18.6 Å². The predicted octanol–water partition coefficient (Wildman–Crippen LogP) is 3.15. The van der Waals surface area contributed by atoms with Gasteiger partial charge in [0.25, 0.3) is 5.91 Å². The summed E-state index contributed by atoms with van der Waals surface area (Å²) in [5.41, 5.74) is 0.355. The van der Waals surface area contributed by atoms with Gasteiger partial charge in [-0.2, -0.15) is 0 Å². The first-order valence-electron chi connectivity index (χ1n) is 7.77.